The zero-order chi connectivity index (χ0) is 22.4. The van der Waals surface area contributed by atoms with E-state index in [1.165, 1.54) is 24.4 Å². The third kappa shape index (κ3) is 7.66. The number of urea groups is 2. The molecule has 1 atom stereocenters. The van der Waals surface area contributed by atoms with Crippen LogP contribution < -0.4 is 5.49 Å². The number of carbonyl (C=O) groups is 3. The van der Waals surface area contributed by atoms with Crippen molar-refractivity contribution in [1.82, 2.24) is 14.7 Å². The van der Waals surface area contributed by atoms with Crippen LogP contribution in [-0.4, -0.2) is 60.8 Å². The van der Waals surface area contributed by atoms with E-state index in [2.05, 4.69) is 4.99 Å². The van der Waals surface area contributed by atoms with Gasteiger partial charge in [0.15, 0.2) is 5.49 Å². The molecule has 0 aliphatic carbocycles. The number of rotatable bonds is 5. The van der Waals surface area contributed by atoms with Crippen LogP contribution in [0.15, 0.2) is 29.4 Å². The van der Waals surface area contributed by atoms with Crippen LogP contribution in [0, 0.1) is 11.3 Å². The highest BCUT2D eigenvalue weighted by molar-refractivity contribution is 6.01. The summed E-state index contributed by atoms with van der Waals surface area (Å²) in [5, 5.41) is 29.4. The Hall–Kier alpha value is -2.72. The van der Waals surface area contributed by atoms with Gasteiger partial charge in [-0.15, -0.1) is 5.06 Å². The van der Waals surface area contributed by atoms with Crippen molar-refractivity contribution in [2.75, 3.05) is 6.54 Å². The van der Waals surface area contributed by atoms with Crippen molar-refractivity contribution >= 4 is 18.0 Å². The third-order valence-electron chi connectivity index (χ3n) is 3.82. The minimum Gasteiger partial charge on any atom is -0.427 e. The summed E-state index contributed by atoms with van der Waals surface area (Å²) in [7, 11) is 0. The fourth-order valence-electron chi connectivity index (χ4n) is 2.33. The first-order valence-electron chi connectivity index (χ1n) is 9.31. The van der Waals surface area contributed by atoms with E-state index in [4.69, 9.17) is 0 Å². The predicted octanol–water partition coefficient (Wildman–Crippen LogP) is 2.23. The highest BCUT2D eigenvalue weighted by atomic mass is 16.5. The summed E-state index contributed by atoms with van der Waals surface area (Å²) in [4.78, 5) is 41.7. The van der Waals surface area contributed by atoms with E-state index in [9.17, 15) is 29.9 Å². The van der Waals surface area contributed by atoms with Gasteiger partial charge in [0, 0.05) is 12.7 Å². The van der Waals surface area contributed by atoms with E-state index < -0.39 is 29.5 Å². The van der Waals surface area contributed by atoms with Crippen molar-refractivity contribution in [1.29, 1.82) is 0 Å². The SMILES string of the molecule is CC(C)CC[C@H](O)C(=O)N(O)C(=O)N(CC(C)(C)C)C(=O)N=c1ccccn1O. The number of hydrogen-bond donors (Lipinski definition) is 3. The largest absolute Gasteiger partial charge is 0.427 e. The maximum atomic E-state index is 12.6. The van der Waals surface area contributed by atoms with Crippen LogP contribution in [0.3, 0.4) is 0 Å². The zero-order valence-corrected chi connectivity index (χ0v) is 17.4. The topological polar surface area (TPSA) is 136 Å². The van der Waals surface area contributed by atoms with Gasteiger partial charge >= 0.3 is 12.1 Å². The Balaban J connectivity index is 3.12. The molecule has 0 spiro atoms. The molecule has 1 aromatic rings. The van der Waals surface area contributed by atoms with E-state index >= 15 is 0 Å². The maximum Gasteiger partial charge on any atom is 0.359 e. The molecule has 10 heteroatoms. The van der Waals surface area contributed by atoms with Gasteiger partial charge in [-0.2, -0.15) is 9.72 Å². The second-order valence-electron chi connectivity index (χ2n) is 8.36. The number of hydroxylamine groups is 2. The quantitative estimate of drug-likeness (QED) is 0.387. The molecule has 1 heterocycles. The molecule has 0 aliphatic rings. The van der Waals surface area contributed by atoms with Crippen molar-refractivity contribution in [3.63, 3.8) is 0 Å². The molecule has 0 radical (unpaired) electrons. The predicted molar refractivity (Wildman–Crippen MR) is 103 cm³/mol. The first-order valence-corrected chi connectivity index (χ1v) is 9.31. The molecule has 3 N–H and O–H groups in total. The smallest absolute Gasteiger partial charge is 0.359 e. The lowest BCUT2D eigenvalue weighted by molar-refractivity contribution is -0.164. The Labute approximate surface area is 169 Å². The number of nitrogens with zero attached hydrogens (tertiary/aromatic N) is 4. The van der Waals surface area contributed by atoms with Crippen LogP contribution in [0.25, 0.3) is 0 Å². The molecule has 0 saturated heterocycles. The number of amides is 5. The van der Waals surface area contributed by atoms with Crippen LogP contribution in [0.5, 0.6) is 0 Å². The molecule has 1 rings (SSSR count). The van der Waals surface area contributed by atoms with Gasteiger partial charge in [0.2, 0.25) is 0 Å². The third-order valence-corrected chi connectivity index (χ3v) is 3.82. The molecular formula is C19H30N4O6. The number of imide groups is 2. The second-order valence-corrected chi connectivity index (χ2v) is 8.36. The molecule has 0 aromatic carbocycles. The lowest BCUT2D eigenvalue weighted by atomic mass is 9.96. The molecule has 10 nitrogen and oxygen atoms in total. The highest BCUT2D eigenvalue weighted by Gasteiger charge is 2.35. The number of pyridine rings is 1. The molecule has 1 aromatic heterocycles. The number of aromatic nitrogens is 1. The number of hydrogen-bond acceptors (Lipinski definition) is 6. The zero-order valence-electron chi connectivity index (χ0n) is 17.4. The van der Waals surface area contributed by atoms with E-state index in [1.54, 1.807) is 20.8 Å². The summed E-state index contributed by atoms with van der Waals surface area (Å²) < 4.78 is 0.592. The monoisotopic (exact) mass is 410 g/mol. The Morgan fingerprint density at radius 1 is 1.17 bits per heavy atom. The minimum atomic E-state index is -1.58. The van der Waals surface area contributed by atoms with Crippen molar-refractivity contribution in [3.8, 4) is 0 Å². The first kappa shape index (κ1) is 24.3. The van der Waals surface area contributed by atoms with Gasteiger partial charge in [-0.05, 0) is 36.3 Å². The number of carbonyl (C=O) groups excluding carboxylic acids is 3. The fourth-order valence-corrected chi connectivity index (χ4v) is 2.33. The standard InChI is InChI=1S/C19H30N4O6/c1-13(2)9-10-14(24)16(25)23(29)18(27)21(12-19(3,4)5)17(26)20-15-8-6-7-11-22(15)28/h6-8,11,13-14,24,28-29H,9-10,12H2,1-5H3/t14-/m0/s1. The molecular weight excluding hydrogens is 380 g/mol. The first-order chi connectivity index (χ1) is 13.3. The maximum absolute atomic E-state index is 12.6. The molecule has 29 heavy (non-hydrogen) atoms. The Morgan fingerprint density at radius 2 is 1.79 bits per heavy atom. The lowest BCUT2D eigenvalue weighted by Gasteiger charge is -2.29. The summed E-state index contributed by atoms with van der Waals surface area (Å²) in [5.41, 5.74) is -0.718. The second kappa shape index (κ2) is 10.2. The van der Waals surface area contributed by atoms with E-state index in [0.29, 0.717) is 16.1 Å². The Kier molecular flexibility index (Phi) is 8.53. The van der Waals surface area contributed by atoms with Crippen LogP contribution in [0.2, 0.25) is 0 Å². The molecule has 0 bridgehead atoms. The number of aliphatic hydroxyl groups is 1. The summed E-state index contributed by atoms with van der Waals surface area (Å²) >= 11 is 0. The van der Waals surface area contributed by atoms with Crippen molar-refractivity contribution in [2.45, 2.75) is 53.6 Å². The van der Waals surface area contributed by atoms with Crippen LogP contribution >= 0.6 is 0 Å². The molecule has 0 aliphatic heterocycles. The van der Waals surface area contributed by atoms with Crippen LogP contribution in [0.1, 0.15) is 47.5 Å². The van der Waals surface area contributed by atoms with Gasteiger partial charge in [-0.3, -0.25) is 10.0 Å². The summed E-state index contributed by atoms with van der Waals surface area (Å²) in [6.45, 7) is 8.88. The summed E-state index contributed by atoms with van der Waals surface area (Å²) in [6, 6.07) is 1.97. The van der Waals surface area contributed by atoms with E-state index in [0.717, 1.165) is 0 Å². The van der Waals surface area contributed by atoms with E-state index in [-0.39, 0.29) is 29.4 Å². The average Bonchev–Trinajstić information content (AvgIpc) is 2.63. The van der Waals surface area contributed by atoms with Gasteiger partial charge in [0.1, 0.15) is 6.10 Å². The van der Waals surface area contributed by atoms with Gasteiger partial charge in [0.05, 0.1) is 0 Å². The molecule has 0 saturated carbocycles. The summed E-state index contributed by atoms with van der Waals surface area (Å²) in [5.74, 6) is -1.01. The van der Waals surface area contributed by atoms with Crippen molar-refractivity contribution in [3.05, 3.63) is 29.9 Å². The van der Waals surface area contributed by atoms with Gasteiger partial charge < -0.3 is 10.3 Å². The normalized spacial score (nSPS) is 13.3. The van der Waals surface area contributed by atoms with Crippen LogP contribution in [0.4, 0.5) is 9.59 Å². The van der Waals surface area contributed by atoms with E-state index in [1.807, 2.05) is 13.8 Å². The fraction of sp³-hybridized carbons (Fsp3) is 0.579. The molecule has 0 unspecified atom stereocenters. The number of aliphatic hydroxyl groups excluding tert-OH is 1. The summed E-state index contributed by atoms with van der Waals surface area (Å²) in [6.07, 6.45) is 0.241. The van der Waals surface area contributed by atoms with Crippen LogP contribution in [-0.2, 0) is 4.79 Å². The van der Waals surface area contributed by atoms with Crippen molar-refractivity contribution < 1.29 is 29.9 Å². The Morgan fingerprint density at radius 3 is 2.31 bits per heavy atom. The van der Waals surface area contributed by atoms with Gasteiger partial charge in [0.25, 0.3) is 5.91 Å². The molecule has 162 valence electrons. The molecule has 0 fully saturated rings. The molecule has 5 amide bonds. The highest BCUT2D eigenvalue weighted by Crippen LogP contribution is 2.18. The minimum absolute atomic E-state index is 0.0625. The van der Waals surface area contributed by atoms with Gasteiger partial charge in [-0.25, -0.2) is 14.5 Å². The Bertz CT molecular complexity index is 796. The van der Waals surface area contributed by atoms with Gasteiger partial charge in [-0.1, -0.05) is 40.7 Å². The average molecular weight is 410 g/mol. The lowest BCUT2D eigenvalue weighted by Crippen LogP contribution is -2.51. The van der Waals surface area contributed by atoms with Crippen molar-refractivity contribution in [2.24, 2.45) is 16.3 Å².